The second-order valence-electron chi connectivity index (χ2n) is 5.35. The van der Waals surface area contributed by atoms with Crippen molar-refractivity contribution in [1.29, 1.82) is 0 Å². The van der Waals surface area contributed by atoms with E-state index in [1.165, 1.54) is 37.0 Å². The minimum atomic E-state index is -0.154. The molecule has 3 nitrogen and oxygen atoms in total. The van der Waals surface area contributed by atoms with Crippen molar-refractivity contribution < 1.29 is 9.90 Å². The summed E-state index contributed by atoms with van der Waals surface area (Å²) >= 11 is 1.44. The lowest BCUT2D eigenvalue weighted by molar-refractivity contribution is 0.0922. The van der Waals surface area contributed by atoms with Gasteiger partial charge in [-0.25, -0.2) is 0 Å². The van der Waals surface area contributed by atoms with E-state index in [-0.39, 0.29) is 18.6 Å². The Morgan fingerprint density at radius 2 is 2.25 bits per heavy atom. The van der Waals surface area contributed by atoms with Crippen LogP contribution in [0.3, 0.4) is 0 Å². The first-order chi connectivity index (χ1) is 9.70. The maximum Gasteiger partial charge on any atom is 0.252 e. The third kappa shape index (κ3) is 4.09. The maximum absolute atomic E-state index is 12.3. The zero-order valence-corrected chi connectivity index (χ0v) is 12.6. The number of thiophene rings is 1. The van der Waals surface area contributed by atoms with Crippen LogP contribution >= 0.6 is 11.3 Å². The summed E-state index contributed by atoms with van der Waals surface area (Å²) in [6.07, 6.45) is 6.02. The summed E-state index contributed by atoms with van der Waals surface area (Å²) < 4.78 is 0. The molecule has 2 N–H and O–H groups in total. The van der Waals surface area contributed by atoms with E-state index in [0.29, 0.717) is 11.5 Å². The molecule has 4 heteroatoms. The van der Waals surface area contributed by atoms with Crippen LogP contribution in [0.4, 0.5) is 0 Å². The Bertz CT molecular complexity index is 512. The summed E-state index contributed by atoms with van der Waals surface area (Å²) in [5.74, 6) is 5.98. The van der Waals surface area contributed by atoms with Crippen LogP contribution in [-0.2, 0) is 0 Å². The van der Waals surface area contributed by atoms with E-state index in [0.717, 1.165) is 11.3 Å². The average Bonchev–Trinajstić information content (AvgIpc) is 2.83. The summed E-state index contributed by atoms with van der Waals surface area (Å²) in [5.41, 5.74) is 0.675. The Kier molecular flexibility index (Phi) is 5.63. The highest BCUT2D eigenvalue weighted by Crippen LogP contribution is 2.23. The highest BCUT2D eigenvalue weighted by molar-refractivity contribution is 7.10. The number of aliphatic hydroxyl groups excluding tert-OH is 1. The zero-order chi connectivity index (χ0) is 14.4. The van der Waals surface area contributed by atoms with E-state index in [4.69, 9.17) is 5.11 Å². The number of nitrogens with one attached hydrogen (secondary N) is 1. The van der Waals surface area contributed by atoms with Crippen molar-refractivity contribution in [3.8, 4) is 11.8 Å². The minimum absolute atomic E-state index is 0.00273. The van der Waals surface area contributed by atoms with E-state index >= 15 is 0 Å². The third-order valence-electron chi connectivity index (χ3n) is 3.83. The van der Waals surface area contributed by atoms with Gasteiger partial charge in [0.2, 0.25) is 0 Å². The lowest BCUT2D eigenvalue weighted by atomic mass is 9.97. The highest BCUT2D eigenvalue weighted by Gasteiger charge is 2.22. The van der Waals surface area contributed by atoms with Gasteiger partial charge in [0.15, 0.2) is 0 Å². The summed E-state index contributed by atoms with van der Waals surface area (Å²) in [6, 6.07) is 2.08. The second-order valence-corrected chi connectivity index (χ2v) is 6.27. The number of amides is 1. The van der Waals surface area contributed by atoms with Crippen molar-refractivity contribution in [2.24, 2.45) is 5.92 Å². The number of hydrogen-bond acceptors (Lipinski definition) is 3. The normalized spacial score (nSPS) is 22.5. The van der Waals surface area contributed by atoms with Gasteiger partial charge in [0, 0.05) is 11.4 Å². The molecule has 20 heavy (non-hydrogen) atoms. The van der Waals surface area contributed by atoms with Crippen LogP contribution in [0.15, 0.2) is 11.4 Å². The lowest BCUT2D eigenvalue weighted by Crippen LogP contribution is -2.38. The van der Waals surface area contributed by atoms with Crippen LogP contribution in [-0.4, -0.2) is 23.7 Å². The second kappa shape index (κ2) is 7.47. The van der Waals surface area contributed by atoms with E-state index < -0.39 is 0 Å². The summed E-state index contributed by atoms with van der Waals surface area (Å²) in [4.78, 5) is 13.1. The Balaban J connectivity index is 1.98. The van der Waals surface area contributed by atoms with Crippen molar-refractivity contribution in [3.05, 3.63) is 21.9 Å². The van der Waals surface area contributed by atoms with Gasteiger partial charge in [0.25, 0.3) is 5.91 Å². The summed E-state index contributed by atoms with van der Waals surface area (Å²) in [5, 5.41) is 13.7. The number of rotatable bonds is 2. The standard InChI is InChI=1S/C16H21NO2S/c1-12-6-3-2-4-8-15(12)17-16(19)13-10-14(20-11-13)7-5-9-18/h10-12,15,18H,2-4,6,8-9H2,1H3,(H,17,19). The van der Waals surface area contributed by atoms with Crippen LogP contribution in [0.5, 0.6) is 0 Å². The van der Waals surface area contributed by atoms with E-state index in [2.05, 4.69) is 24.1 Å². The molecule has 0 aliphatic heterocycles. The number of carbonyl (C=O) groups is 1. The molecule has 1 amide bonds. The molecule has 1 fully saturated rings. The van der Waals surface area contributed by atoms with Gasteiger partial charge < -0.3 is 10.4 Å². The van der Waals surface area contributed by atoms with Crippen molar-refractivity contribution in [2.75, 3.05) is 6.61 Å². The Morgan fingerprint density at radius 3 is 3.05 bits per heavy atom. The molecule has 2 unspecified atom stereocenters. The zero-order valence-electron chi connectivity index (χ0n) is 11.8. The van der Waals surface area contributed by atoms with Crippen LogP contribution < -0.4 is 5.32 Å². The number of carbonyl (C=O) groups excluding carboxylic acids is 1. The van der Waals surface area contributed by atoms with Gasteiger partial charge in [-0.1, -0.05) is 38.0 Å². The maximum atomic E-state index is 12.3. The quantitative estimate of drug-likeness (QED) is 0.650. The van der Waals surface area contributed by atoms with Crippen molar-refractivity contribution in [3.63, 3.8) is 0 Å². The Morgan fingerprint density at radius 1 is 1.45 bits per heavy atom. The molecular formula is C16H21NO2S. The molecule has 0 bridgehead atoms. The van der Waals surface area contributed by atoms with E-state index in [9.17, 15) is 4.79 Å². The van der Waals surface area contributed by atoms with Gasteiger partial charge in [-0.2, -0.15) is 0 Å². The van der Waals surface area contributed by atoms with Gasteiger partial charge in [0.05, 0.1) is 10.4 Å². The number of hydrogen-bond donors (Lipinski definition) is 2. The predicted molar refractivity (Wildman–Crippen MR) is 81.8 cm³/mol. The predicted octanol–water partition coefficient (Wildman–Crippen LogP) is 2.79. The van der Waals surface area contributed by atoms with Crippen LogP contribution in [0.2, 0.25) is 0 Å². The van der Waals surface area contributed by atoms with Gasteiger partial charge in [-0.05, 0) is 24.8 Å². The molecule has 2 rings (SSSR count). The van der Waals surface area contributed by atoms with E-state index in [1.807, 2.05) is 5.38 Å². The van der Waals surface area contributed by atoms with Crippen molar-refractivity contribution in [1.82, 2.24) is 5.32 Å². The van der Waals surface area contributed by atoms with Gasteiger partial charge in [0.1, 0.15) is 6.61 Å². The topological polar surface area (TPSA) is 49.3 Å². The molecule has 1 aromatic rings. The first-order valence-electron chi connectivity index (χ1n) is 7.20. The van der Waals surface area contributed by atoms with Gasteiger partial charge in [-0.3, -0.25) is 4.79 Å². The van der Waals surface area contributed by atoms with Crippen LogP contribution in [0, 0.1) is 17.8 Å². The molecule has 0 aromatic carbocycles. The first kappa shape index (κ1) is 15.1. The Labute approximate surface area is 124 Å². The fraction of sp³-hybridized carbons (Fsp3) is 0.562. The van der Waals surface area contributed by atoms with Gasteiger partial charge >= 0.3 is 0 Å². The smallest absolute Gasteiger partial charge is 0.252 e. The molecule has 0 radical (unpaired) electrons. The van der Waals surface area contributed by atoms with E-state index in [1.54, 1.807) is 6.07 Å². The largest absolute Gasteiger partial charge is 0.384 e. The first-order valence-corrected chi connectivity index (χ1v) is 8.08. The van der Waals surface area contributed by atoms with Crippen molar-refractivity contribution in [2.45, 2.75) is 45.1 Å². The SMILES string of the molecule is CC1CCCCCC1NC(=O)c1csc(C#CCO)c1. The molecule has 1 aliphatic rings. The minimum Gasteiger partial charge on any atom is -0.384 e. The molecule has 1 aliphatic carbocycles. The number of aliphatic hydroxyl groups is 1. The molecule has 1 aromatic heterocycles. The third-order valence-corrected chi connectivity index (χ3v) is 4.68. The molecular weight excluding hydrogens is 270 g/mol. The molecule has 0 saturated heterocycles. The lowest BCUT2D eigenvalue weighted by Gasteiger charge is -2.22. The molecule has 2 atom stereocenters. The van der Waals surface area contributed by atoms with Gasteiger partial charge in [-0.15, -0.1) is 11.3 Å². The monoisotopic (exact) mass is 291 g/mol. The highest BCUT2D eigenvalue weighted by atomic mass is 32.1. The summed E-state index contributed by atoms with van der Waals surface area (Å²) in [7, 11) is 0. The molecule has 108 valence electrons. The van der Waals surface area contributed by atoms with Crippen LogP contribution in [0.25, 0.3) is 0 Å². The van der Waals surface area contributed by atoms with Crippen LogP contribution in [0.1, 0.15) is 54.3 Å². The molecule has 1 heterocycles. The fourth-order valence-corrected chi connectivity index (χ4v) is 3.36. The molecule has 1 saturated carbocycles. The molecule has 0 spiro atoms. The average molecular weight is 291 g/mol. The fourth-order valence-electron chi connectivity index (χ4n) is 2.61. The summed E-state index contributed by atoms with van der Waals surface area (Å²) in [6.45, 7) is 2.07. The Hall–Kier alpha value is -1.31. The van der Waals surface area contributed by atoms with Crippen molar-refractivity contribution >= 4 is 17.2 Å².